The molecule has 1 N–H and O–H groups in total. The third kappa shape index (κ3) is 2.78. The van der Waals surface area contributed by atoms with Crippen LogP contribution in [0.3, 0.4) is 0 Å². The number of nitrogens with zero attached hydrogens (tertiary/aromatic N) is 1. The maximum absolute atomic E-state index is 13.0. The maximum Gasteiger partial charge on any atom is 0.255 e. The van der Waals surface area contributed by atoms with Crippen molar-refractivity contribution < 1.29 is 14.0 Å². The quantitative estimate of drug-likeness (QED) is 0.901. The zero-order chi connectivity index (χ0) is 14.0. The zero-order valence-corrected chi connectivity index (χ0v) is 12.0. The molecule has 1 aromatic rings. The van der Waals surface area contributed by atoms with Crippen LogP contribution in [0, 0.1) is 5.82 Å². The van der Waals surface area contributed by atoms with Crippen molar-refractivity contribution in [3.63, 3.8) is 0 Å². The molecule has 1 aliphatic heterocycles. The van der Waals surface area contributed by atoms with Crippen molar-refractivity contribution in [2.24, 2.45) is 0 Å². The second-order valence-corrected chi connectivity index (χ2v) is 5.19. The Hall–Kier alpha value is -1.43. The standard InChI is InChI=1S/C13H14BrFN2O2/c1-2-11-12(18)16-5-6-17(11)13(19)9-4-3-8(15)7-10(9)14/h3-4,7,11H,2,5-6H2,1H3,(H,16,18). The van der Waals surface area contributed by atoms with Crippen molar-refractivity contribution in [1.29, 1.82) is 0 Å². The second-order valence-electron chi connectivity index (χ2n) is 4.34. The highest BCUT2D eigenvalue weighted by molar-refractivity contribution is 9.10. The predicted octanol–water partition coefficient (Wildman–Crippen LogP) is 1.94. The third-order valence-corrected chi connectivity index (χ3v) is 3.80. The first kappa shape index (κ1) is 14.0. The molecule has 1 aliphatic rings. The largest absolute Gasteiger partial charge is 0.353 e. The summed E-state index contributed by atoms with van der Waals surface area (Å²) in [6, 6.07) is 3.46. The molecule has 0 aromatic heterocycles. The van der Waals surface area contributed by atoms with Gasteiger partial charge in [0, 0.05) is 17.6 Å². The van der Waals surface area contributed by atoms with Crippen LogP contribution in [0.15, 0.2) is 22.7 Å². The Morgan fingerprint density at radius 2 is 2.32 bits per heavy atom. The summed E-state index contributed by atoms with van der Waals surface area (Å²) < 4.78 is 13.4. The molecule has 0 bridgehead atoms. The maximum atomic E-state index is 13.0. The Kier molecular flexibility index (Phi) is 4.19. The van der Waals surface area contributed by atoms with Gasteiger partial charge in [-0.15, -0.1) is 0 Å². The summed E-state index contributed by atoms with van der Waals surface area (Å²) in [5, 5.41) is 2.74. The number of hydrogen-bond donors (Lipinski definition) is 1. The Morgan fingerprint density at radius 3 is 2.95 bits per heavy atom. The van der Waals surface area contributed by atoms with Crippen molar-refractivity contribution in [1.82, 2.24) is 10.2 Å². The van der Waals surface area contributed by atoms with E-state index in [-0.39, 0.29) is 11.8 Å². The zero-order valence-electron chi connectivity index (χ0n) is 10.5. The number of benzene rings is 1. The molecule has 19 heavy (non-hydrogen) atoms. The van der Waals surface area contributed by atoms with Crippen LogP contribution in [-0.4, -0.2) is 35.8 Å². The molecule has 4 nitrogen and oxygen atoms in total. The lowest BCUT2D eigenvalue weighted by Crippen LogP contribution is -2.56. The van der Waals surface area contributed by atoms with E-state index in [1.54, 1.807) is 0 Å². The third-order valence-electron chi connectivity index (χ3n) is 3.14. The average molecular weight is 329 g/mol. The first-order valence-electron chi connectivity index (χ1n) is 6.08. The Labute approximate surface area is 119 Å². The van der Waals surface area contributed by atoms with Gasteiger partial charge in [-0.2, -0.15) is 0 Å². The van der Waals surface area contributed by atoms with E-state index in [1.807, 2.05) is 6.92 Å². The minimum atomic E-state index is -0.460. The van der Waals surface area contributed by atoms with Gasteiger partial charge in [0.05, 0.1) is 5.56 Å². The summed E-state index contributed by atoms with van der Waals surface area (Å²) in [5.41, 5.74) is 0.370. The summed E-state index contributed by atoms with van der Waals surface area (Å²) >= 11 is 3.18. The summed E-state index contributed by atoms with van der Waals surface area (Å²) in [6.07, 6.45) is 0.552. The van der Waals surface area contributed by atoms with Crippen LogP contribution in [0.1, 0.15) is 23.7 Å². The molecular formula is C13H14BrFN2O2. The normalized spacial score (nSPS) is 19.2. The predicted molar refractivity (Wildman–Crippen MR) is 72.2 cm³/mol. The second kappa shape index (κ2) is 5.69. The highest BCUT2D eigenvalue weighted by atomic mass is 79.9. The van der Waals surface area contributed by atoms with Gasteiger partial charge in [0.15, 0.2) is 0 Å². The van der Waals surface area contributed by atoms with Crippen LogP contribution in [0.5, 0.6) is 0 Å². The number of piperazine rings is 1. The monoisotopic (exact) mass is 328 g/mol. The number of rotatable bonds is 2. The van der Waals surface area contributed by atoms with E-state index in [4.69, 9.17) is 0 Å². The van der Waals surface area contributed by atoms with Crippen LogP contribution >= 0.6 is 15.9 Å². The molecule has 0 saturated carbocycles. The Bertz CT molecular complexity index is 521. The van der Waals surface area contributed by atoms with Crippen LogP contribution in [0.4, 0.5) is 4.39 Å². The molecule has 102 valence electrons. The van der Waals surface area contributed by atoms with Crippen LogP contribution in [0.2, 0.25) is 0 Å². The van der Waals surface area contributed by atoms with E-state index in [2.05, 4.69) is 21.2 Å². The first-order chi connectivity index (χ1) is 9.04. The Morgan fingerprint density at radius 1 is 1.58 bits per heavy atom. The highest BCUT2D eigenvalue weighted by Gasteiger charge is 2.32. The number of hydrogen-bond acceptors (Lipinski definition) is 2. The smallest absolute Gasteiger partial charge is 0.255 e. The van der Waals surface area contributed by atoms with E-state index in [9.17, 15) is 14.0 Å². The molecule has 1 aromatic carbocycles. The van der Waals surface area contributed by atoms with Crippen LogP contribution in [-0.2, 0) is 4.79 Å². The minimum Gasteiger partial charge on any atom is -0.353 e. The molecule has 1 heterocycles. The number of carbonyl (C=O) groups excluding carboxylic acids is 2. The van der Waals surface area contributed by atoms with Crippen LogP contribution < -0.4 is 5.32 Å². The van der Waals surface area contributed by atoms with E-state index >= 15 is 0 Å². The molecule has 2 rings (SSSR count). The molecule has 1 saturated heterocycles. The van der Waals surface area contributed by atoms with Gasteiger partial charge in [0.1, 0.15) is 11.9 Å². The average Bonchev–Trinajstić information content (AvgIpc) is 2.37. The Balaban J connectivity index is 2.29. The lowest BCUT2D eigenvalue weighted by Gasteiger charge is -2.34. The van der Waals surface area contributed by atoms with Crippen molar-refractivity contribution in [3.05, 3.63) is 34.1 Å². The molecule has 2 amide bonds. The highest BCUT2D eigenvalue weighted by Crippen LogP contribution is 2.22. The molecule has 1 unspecified atom stereocenters. The molecular weight excluding hydrogens is 315 g/mol. The fraction of sp³-hybridized carbons (Fsp3) is 0.385. The number of nitrogens with one attached hydrogen (secondary N) is 1. The fourth-order valence-corrected chi connectivity index (χ4v) is 2.70. The van der Waals surface area contributed by atoms with Crippen molar-refractivity contribution in [2.75, 3.05) is 13.1 Å². The van der Waals surface area contributed by atoms with Gasteiger partial charge >= 0.3 is 0 Å². The van der Waals surface area contributed by atoms with E-state index in [0.29, 0.717) is 29.5 Å². The molecule has 1 atom stereocenters. The fourth-order valence-electron chi connectivity index (χ4n) is 2.18. The molecule has 1 fully saturated rings. The SMILES string of the molecule is CCC1C(=O)NCCN1C(=O)c1ccc(F)cc1Br. The lowest BCUT2D eigenvalue weighted by molar-refractivity contribution is -0.127. The van der Waals surface area contributed by atoms with Crippen molar-refractivity contribution in [2.45, 2.75) is 19.4 Å². The minimum absolute atomic E-state index is 0.139. The molecule has 0 spiro atoms. The van der Waals surface area contributed by atoms with Gasteiger partial charge in [-0.3, -0.25) is 9.59 Å². The summed E-state index contributed by atoms with van der Waals surface area (Å²) in [6.45, 7) is 2.77. The topological polar surface area (TPSA) is 49.4 Å². The lowest BCUT2D eigenvalue weighted by atomic mass is 10.1. The summed E-state index contributed by atoms with van der Waals surface area (Å²) in [7, 11) is 0. The van der Waals surface area contributed by atoms with Gasteiger partial charge in [0.2, 0.25) is 5.91 Å². The molecule has 0 radical (unpaired) electrons. The van der Waals surface area contributed by atoms with Crippen molar-refractivity contribution in [3.8, 4) is 0 Å². The van der Waals surface area contributed by atoms with E-state index in [0.717, 1.165) is 0 Å². The van der Waals surface area contributed by atoms with Gasteiger partial charge in [0.25, 0.3) is 5.91 Å². The number of amides is 2. The van der Waals surface area contributed by atoms with E-state index in [1.165, 1.54) is 23.1 Å². The van der Waals surface area contributed by atoms with E-state index < -0.39 is 11.9 Å². The molecule has 0 aliphatic carbocycles. The van der Waals surface area contributed by atoms with Gasteiger partial charge in [-0.05, 0) is 40.5 Å². The first-order valence-corrected chi connectivity index (χ1v) is 6.87. The summed E-state index contributed by atoms with van der Waals surface area (Å²) in [5.74, 6) is -0.805. The van der Waals surface area contributed by atoms with Crippen LogP contribution in [0.25, 0.3) is 0 Å². The summed E-state index contributed by atoms with van der Waals surface area (Å²) in [4.78, 5) is 25.7. The molecule has 6 heteroatoms. The van der Waals surface area contributed by atoms with Crippen molar-refractivity contribution >= 4 is 27.7 Å². The number of carbonyl (C=O) groups is 2. The number of halogens is 2. The van der Waals surface area contributed by atoms with Gasteiger partial charge < -0.3 is 10.2 Å². The van der Waals surface area contributed by atoms with Gasteiger partial charge in [-0.25, -0.2) is 4.39 Å². The van der Waals surface area contributed by atoms with Gasteiger partial charge in [-0.1, -0.05) is 6.92 Å².